The van der Waals surface area contributed by atoms with Gasteiger partial charge in [0.1, 0.15) is 33.8 Å². The molecule has 0 fully saturated rings. The maximum Gasteiger partial charge on any atom is 0.489 e. The van der Waals surface area contributed by atoms with Gasteiger partial charge in [0.15, 0.2) is 0 Å². The summed E-state index contributed by atoms with van der Waals surface area (Å²) >= 11 is 10.5. The number of aliphatic hydroxyl groups is 1. The third-order valence-corrected chi connectivity index (χ3v) is 17.7. The van der Waals surface area contributed by atoms with Crippen molar-refractivity contribution in [1.82, 2.24) is 46.9 Å². The van der Waals surface area contributed by atoms with Gasteiger partial charge in [0, 0.05) is 61.5 Å². The average Bonchev–Trinajstić information content (AvgIpc) is 4.38. The molecule has 0 spiro atoms. The van der Waals surface area contributed by atoms with Gasteiger partial charge in [0.25, 0.3) is 0 Å². The highest BCUT2D eigenvalue weighted by molar-refractivity contribution is 9.11. The smallest absolute Gasteiger partial charge is 0.423 e. The van der Waals surface area contributed by atoms with Gasteiger partial charge in [-0.25, -0.2) is 24.9 Å². The quantitative estimate of drug-likeness (QED) is 0.138. The van der Waals surface area contributed by atoms with Gasteiger partial charge in [0.2, 0.25) is 0 Å². The van der Waals surface area contributed by atoms with Crippen molar-refractivity contribution in [3.05, 3.63) is 174 Å². The van der Waals surface area contributed by atoms with Crippen LogP contribution < -0.4 is 5.46 Å². The molecule has 0 amide bonds. The highest BCUT2D eigenvalue weighted by atomic mass is 79.9. The van der Waals surface area contributed by atoms with Gasteiger partial charge in [-0.2, -0.15) is 0 Å². The minimum Gasteiger partial charge on any atom is -0.423 e. The van der Waals surface area contributed by atoms with E-state index in [2.05, 4.69) is 171 Å². The molecule has 404 valence electrons. The largest absolute Gasteiger partial charge is 0.489 e. The number of pyridine rings is 5. The Morgan fingerprint density at radius 3 is 1.47 bits per heavy atom. The summed E-state index contributed by atoms with van der Waals surface area (Å²) in [6.45, 7) is 13.0. The summed E-state index contributed by atoms with van der Waals surface area (Å²) in [5.41, 5.74) is 19.8. The first-order valence-corrected chi connectivity index (χ1v) is 30.1. The summed E-state index contributed by atoms with van der Waals surface area (Å²) < 4.78 is 13.9. The van der Waals surface area contributed by atoms with Crippen molar-refractivity contribution in [1.29, 1.82) is 0 Å². The Kier molecular flexibility index (Phi) is 15.8. The second-order valence-corrected chi connectivity index (χ2v) is 25.1. The van der Waals surface area contributed by atoms with E-state index in [1.165, 1.54) is 89.5 Å². The molecule has 0 radical (unpaired) electrons. The zero-order chi connectivity index (χ0) is 54.6. The van der Waals surface area contributed by atoms with Crippen LogP contribution in [0.1, 0.15) is 173 Å². The molecule has 0 bridgehead atoms. The Morgan fingerprint density at radius 2 is 0.923 bits per heavy atom. The zero-order valence-electron chi connectivity index (χ0n) is 45.4. The molecule has 0 saturated heterocycles. The topological polar surface area (TPSA) is 147 Å². The molecule has 13 nitrogen and oxygen atoms in total. The molecular formula is C61H68BBr3N10O3. The summed E-state index contributed by atoms with van der Waals surface area (Å²) in [5.74, 6) is 1.78. The van der Waals surface area contributed by atoms with E-state index in [1.54, 1.807) is 12.3 Å². The van der Waals surface area contributed by atoms with Crippen LogP contribution in [-0.2, 0) is 37.7 Å². The van der Waals surface area contributed by atoms with Gasteiger partial charge in [-0.15, -0.1) is 0 Å². The minimum absolute atomic E-state index is 0.486. The van der Waals surface area contributed by atoms with Crippen molar-refractivity contribution in [2.45, 2.75) is 155 Å². The number of halogens is 3. The van der Waals surface area contributed by atoms with Gasteiger partial charge < -0.3 is 28.4 Å². The van der Waals surface area contributed by atoms with Crippen molar-refractivity contribution >= 4 is 94.2 Å². The van der Waals surface area contributed by atoms with Gasteiger partial charge in [-0.3, -0.25) is 8.80 Å². The van der Waals surface area contributed by atoms with Crippen LogP contribution in [0.3, 0.4) is 0 Å². The Balaban J connectivity index is 0.000000103. The van der Waals surface area contributed by atoms with E-state index in [4.69, 9.17) is 4.98 Å². The molecule has 4 unspecified atom stereocenters. The van der Waals surface area contributed by atoms with E-state index < -0.39 is 12.7 Å². The third-order valence-electron chi connectivity index (χ3n) is 16.3. The minimum atomic E-state index is -1.42. The summed E-state index contributed by atoms with van der Waals surface area (Å²) in [5, 5.41) is 28.9. The van der Waals surface area contributed by atoms with Crippen molar-refractivity contribution in [3.8, 4) is 0 Å². The average molecular weight is 1240 g/mol. The number of hydrogen-bond acceptors (Lipinski definition) is 8. The Bertz CT molecular complexity index is 3790. The fourth-order valence-electron chi connectivity index (χ4n) is 12.6. The van der Waals surface area contributed by atoms with Gasteiger partial charge in [-0.1, -0.05) is 39.0 Å². The van der Waals surface area contributed by atoms with Crippen LogP contribution in [0.4, 0.5) is 0 Å². The highest BCUT2D eigenvalue weighted by Crippen LogP contribution is 2.37. The Labute approximate surface area is 481 Å². The first-order valence-electron chi connectivity index (χ1n) is 27.7. The van der Waals surface area contributed by atoms with E-state index >= 15 is 0 Å². The van der Waals surface area contributed by atoms with E-state index in [1.807, 2.05) is 46.2 Å². The summed E-state index contributed by atoms with van der Waals surface area (Å²) in [7, 11) is -1.42. The summed E-state index contributed by atoms with van der Waals surface area (Å²) in [4.78, 5) is 23.2. The van der Waals surface area contributed by atoms with E-state index in [0.717, 1.165) is 110 Å². The number of aryl methyl sites for hydroxylation is 6. The van der Waals surface area contributed by atoms with E-state index in [-0.39, 0.29) is 0 Å². The van der Waals surface area contributed by atoms with Crippen LogP contribution in [0.2, 0.25) is 0 Å². The number of allylic oxidation sites excluding steroid dienone is 2. The van der Waals surface area contributed by atoms with Gasteiger partial charge in [-0.05, 0) is 241 Å². The molecule has 0 aliphatic heterocycles. The van der Waals surface area contributed by atoms with Crippen LogP contribution >= 0.6 is 47.8 Å². The molecule has 17 heteroatoms. The number of aromatic nitrogens is 10. The molecule has 3 N–H and O–H groups in total. The van der Waals surface area contributed by atoms with Gasteiger partial charge >= 0.3 is 7.12 Å². The molecule has 4 atom stereocenters. The lowest BCUT2D eigenvalue weighted by Crippen LogP contribution is -2.30. The molecular weight excluding hydrogens is 1170 g/mol. The second kappa shape index (κ2) is 22.6. The molecule has 5 aliphatic rings. The standard InChI is InChI=1S/C13H16N2.C12H15BN2O2.C12H13BrN2O.C12H13BrN2.C12H11BrN2/c1-9-6-7-12-14-11-5-3-4-10(2)13(11)15(12)8-9;1-8-3-2-4-10-12(8)15-7-9(13(16)17)5-6-11(15)14-10;1-12(16)6-2-3-9-11(12)15-7-8(13)4-5-10(15)14-9;2*1-8-3-2-4-10-12(8)15-7-9(13)5-6-11(15)14-10/h6-8,10H,3-5H2,1-2H3;5-8,16-17H,2-4H2,1H3;4-5,7,16H,2-3,6H2,1H3;5-8H,2-4H2,1H3;3,5-7H,2,4H2,1H3. The van der Waals surface area contributed by atoms with Crippen molar-refractivity contribution in [3.63, 3.8) is 0 Å². The number of nitrogens with zero attached hydrogens (tertiary/aromatic N) is 10. The van der Waals surface area contributed by atoms with Crippen molar-refractivity contribution in [2.24, 2.45) is 0 Å². The fourth-order valence-corrected chi connectivity index (χ4v) is 13.6. The van der Waals surface area contributed by atoms with Crippen LogP contribution in [0.25, 0.3) is 33.8 Å². The number of rotatable bonds is 1. The van der Waals surface area contributed by atoms with E-state index in [9.17, 15) is 15.2 Å². The van der Waals surface area contributed by atoms with Crippen molar-refractivity contribution in [2.75, 3.05) is 0 Å². The second-order valence-electron chi connectivity index (χ2n) is 22.3. The molecule has 78 heavy (non-hydrogen) atoms. The third kappa shape index (κ3) is 11.0. The first-order chi connectivity index (χ1) is 37.5. The monoisotopic (exact) mass is 1240 g/mol. The van der Waals surface area contributed by atoms with Crippen LogP contribution in [-0.4, -0.2) is 69.2 Å². The molecule has 10 heterocycles. The predicted octanol–water partition coefficient (Wildman–Crippen LogP) is 13.2. The Hall–Kier alpha value is -5.43. The zero-order valence-corrected chi connectivity index (χ0v) is 50.2. The number of fused-ring (bicyclic) bond motifs is 15. The maximum atomic E-state index is 10.4. The van der Waals surface area contributed by atoms with Crippen LogP contribution in [0, 0.1) is 6.92 Å². The highest BCUT2D eigenvalue weighted by Gasteiger charge is 2.34. The molecule has 5 aliphatic carbocycles. The number of imidazole rings is 5. The normalized spacial score (nSPS) is 20.1. The lowest BCUT2D eigenvalue weighted by Gasteiger charge is -2.28. The number of hydrogen-bond donors (Lipinski definition) is 3. The summed E-state index contributed by atoms with van der Waals surface area (Å²) in [6, 6.07) is 20.0. The lowest BCUT2D eigenvalue weighted by molar-refractivity contribution is 0.0330. The van der Waals surface area contributed by atoms with Crippen LogP contribution in [0.15, 0.2) is 111 Å². The maximum absolute atomic E-state index is 10.4. The summed E-state index contributed by atoms with van der Waals surface area (Å²) in [6.07, 6.45) is 28.3. The molecule has 10 aromatic heterocycles. The first kappa shape index (κ1) is 54.5. The predicted molar refractivity (Wildman–Crippen MR) is 322 cm³/mol. The Morgan fingerprint density at radius 1 is 0.500 bits per heavy atom. The molecule has 15 rings (SSSR count). The fraction of sp³-hybridized carbons (Fsp3) is 0.393. The lowest BCUT2D eigenvalue weighted by atomic mass is 9.81. The molecule has 0 aromatic carbocycles. The SMILES string of the molecule is CC1(O)CCCc2nc3ccc(Br)cn3c21.CC1=CCCc2nc3ccc(Br)cn3c21.CC1CCCc2nc3ccc(B(O)O)cn3c21.CC1CCCc2nc3ccc(Br)cn3c21.Cc1ccc2nc3c(n2c1)C(C)CCC3. The van der Waals surface area contributed by atoms with Crippen molar-refractivity contribution < 1.29 is 15.2 Å². The molecule has 0 saturated carbocycles. The van der Waals surface area contributed by atoms with Gasteiger partial charge in [0.05, 0.1) is 39.9 Å². The van der Waals surface area contributed by atoms with E-state index in [0.29, 0.717) is 23.2 Å². The van der Waals surface area contributed by atoms with Crippen LogP contribution in [0.5, 0.6) is 0 Å². The molecule has 10 aromatic rings.